The number of pyridine rings is 1. The smallest absolute Gasteiger partial charge is 0.349 e. The van der Waals surface area contributed by atoms with Crippen LogP contribution < -0.4 is 16.2 Å². The van der Waals surface area contributed by atoms with Crippen molar-refractivity contribution in [3.63, 3.8) is 0 Å². The molecule has 5 N–H and O–H groups in total. The zero-order valence-electron chi connectivity index (χ0n) is 17.5. The average Bonchev–Trinajstić information content (AvgIpc) is 2.78. The van der Waals surface area contributed by atoms with Crippen LogP contribution in [0.1, 0.15) is 28.5 Å². The molecule has 9 nitrogen and oxygen atoms in total. The number of nitrogens with zero attached hydrogens (tertiary/aromatic N) is 1. The highest BCUT2D eigenvalue weighted by Gasteiger charge is 2.37. The normalized spacial score (nSPS) is 12.7. The molecule has 0 fully saturated rings. The van der Waals surface area contributed by atoms with Gasteiger partial charge < -0.3 is 16.2 Å². The van der Waals surface area contributed by atoms with E-state index in [1.807, 2.05) is 4.72 Å². The van der Waals surface area contributed by atoms with Gasteiger partial charge in [0.2, 0.25) is 10.0 Å². The number of esters is 2. The van der Waals surface area contributed by atoms with Gasteiger partial charge in [-0.1, -0.05) is 30.2 Å². The standard InChI is InChI=1S/C23H20N4O5S/c1-23(25,27-33(30,31)19-7-3-2-4-8-19)22(29)32-21(28)17-13-10-16(11-14-17)12-15-18-6-5-9-20(24)26-18/h2-11,13-14,27H,25H2,1H3,(H2,24,26)/t23-/m0/s1. The van der Waals surface area contributed by atoms with Crippen LogP contribution >= 0.6 is 0 Å². The van der Waals surface area contributed by atoms with Crippen molar-refractivity contribution in [2.24, 2.45) is 5.73 Å². The first-order valence-electron chi connectivity index (χ1n) is 9.56. The molecule has 0 aliphatic carbocycles. The Bertz CT molecular complexity index is 1340. The van der Waals surface area contributed by atoms with Crippen LogP contribution in [0, 0.1) is 11.8 Å². The molecule has 0 bridgehead atoms. The van der Waals surface area contributed by atoms with E-state index in [-0.39, 0.29) is 10.5 Å². The van der Waals surface area contributed by atoms with Gasteiger partial charge in [-0.25, -0.2) is 23.0 Å². The number of hydrogen-bond acceptors (Lipinski definition) is 8. The Morgan fingerprint density at radius 3 is 2.27 bits per heavy atom. The molecular formula is C23H20N4O5S. The van der Waals surface area contributed by atoms with Gasteiger partial charge in [0.1, 0.15) is 11.5 Å². The van der Waals surface area contributed by atoms with Crippen molar-refractivity contribution in [3.05, 3.63) is 89.6 Å². The van der Waals surface area contributed by atoms with Crippen LogP contribution in [0.5, 0.6) is 0 Å². The van der Waals surface area contributed by atoms with E-state index in [0.29, 0.717) is 17.1 Å². The minimum Gasteiger partial charge on any atom is -0.387 e. The lowest BCUT2D eigenvalue weighted by Crippen LogP contribution is -2.60. The zero-order valence-corrected chi connectivity index (χ0v) is 18.3. The largest absolute Gasteiger partial charge is 0.387 e. The maximum atomic E-state index is 12.4. The first-order valence-corrected chi connectivity index (χ1v) is 11.0. The SMILES string of the molecule is C[C@](N)(NS(=O)(=O)c1ccccc1)C(=O)OC(=O)c1ccc(C#Cc2cccc(N)n2)cc1. The van der Waals surface area contributed by atoms with Crippen molar-refractivity contribution in [1.29, 1.82) is 0 Å². The first-order chi connectivity index (χ1) is 15.6. The molecule has 0 saturated carbocycles. The highest BCUT2D eigenvalue weighted by molar-refractivity contribution is 7.89. The van der Waals surface area contributed by atoms with E-state index in [9.17, 15) is 18.0 Å². The summed E-state index contributed by atoms with van der Waals surface area (Å²) in [5.74, 6) is 3.82. The minimum absolute atomic E-state index is 0.0534. The fourth-order valence-electron chi connectivity index (χ4n) is 2.58. The molecule has 2 aromatic carbocycles. The zero-order chi connectivity index (χ0) is 24.1. The number of benzene rings is 2. The summed E-state index contributed by atoms with van der Waals surface area (Å²) in [5, 5.41) is 0. The Kier molecular flexibility index (Phi) is 6.89. The summed E-state index contributed by atoms with van der Waals surface area (Å²) < 4.78 is 31.7. The Hall–Kier alpha value is -4.04. The van der Waals surface area contributed by atoms with E-state index in [1.165, 1.54) is 36.4 Å². The molecule has 0 aliphatic rings. The summed E-state index contributed by atoms with van der Waals surface area (Å²) in [6.45, 7) is 1.09. The van der Waals surface area contributed by atoms with Crippen LogP contribution in [0.3, 0.4) is 0 Å². The molecule has 0 amide bonds. The summed E-state index contributed by atoms with van der Waals surface area (Å²) in [7, 11) is -4.12. The molecular weight excluding hydrogens is 444 g/mol. The molecule has 3 rings (SSSR count). The predicted octanol–water partition coefficient (Wildman–Crippen LogP) is 1.40. The highest BCUT2D eigenvalue weighted by atomic mass is 32.2. The second kappa shape index (κ2) is 9.62. The number of nitrogens with two attached hydrogens (primary N) is 2. The molecule has 0 unspecified atom stereocenters. The van der Waals surface area contributed by atoms with Crippen LogP contribution in [-0.4, -0.2) is 31.0 Å². The fraction of sp³-hybridized carbons (Fsp3) is 0.0870. The first kappa shape index (κ1) is 23.6. The molecule has 1 atom stereocenters. The van der Waals surface area contributed by atoms with Crippen LogP contribution in [0.15, 0.2) is 77.7 Å². The van der Waals surface area contributed by atoms with E-state index < -0.39 is 27.6 Å². The Balaban J connectivity index is 1.66. The third kappa shape index (κ3) is 6.24. The van der Waals surface area contributed by atoms with Crippen LogP contribution in [0.25, 0.3) is 0 Å². The monoisotopic (exact) mass is 464 g/mol. The van der Waals surface area contributed by atoms with Gasteiger partial charge in [0.25, 0.3) is 0 Å². The van der Waals surface area contributed by atoms with Gasteiger partial charge >= 0.3 is 11.9 Å². The number of hydrogen-bond donors (Lipinski definition) is 3. The van der Waals surface area contributed by atoms with Gasteiger partial charge in [-0.15, -0.1) is 0 Å². The van der Waals surface area contributed by atoms with E-state index in [0.717, 1.165) is 6.92 Å². The van der Waals surface area contributed by atoms with Gasteiger partial charge in [-0.2, -0.15) is 4.72 Å². The number of rotatable bonds is 5. The maximum absolute atomic E-state index is 12.4. The molecule has 1 heterocycles. The molecule has 10 heteroatoms. The number of anilines is 1. The molecule has 33 heavy (non-hydrogen) atoms. The number of aromatic nitrogens is 1. The van der Waals surface area contributed by atoms with Crippen molar-refractivity contribution >= 4 is 27.8 Å². The van der Waals surface area contributed by atoms with E-state index in [2.05, 4.69) is 16.8 Å². The highest BCUT2D eigenvalue weighted by Crippen LogP contribution is 2.13. The third-order valence-corrected chi connectivity index (χ3v) is 5.82. The quantitative estimate of drug-likeness (QED) is 0.222. The fourth-order valence-corrected chi connectivity index (χ4v) is 3.85. The predicted molar refractivity (Wildman–Crippen MR) is 121 cm³/mol. The number of ether oxygens (including phenoxy) is 1. The maximum Gasteiger partial charge on any atom is 0.349 e. The molecule has 0 aliphatic heterocycles. The number of nitrogens with one attached hydrogen (secondary N) is 1. The number of sulfonamides is 1. The van der Waals surface area contributed by atoms with Gasteiger partial charge in [0, 0.05) is 5.56 Å². The van der Waals surface area contributed by atoms with E-state index in [1.54, 1.807) is 36.4 Å². The van der Waals surface area contributed by atoms with Crippen LogP contribution in [0.2, 0.25) is 0 Å². The van der Waals surface area contributed by atoms with Crippen molar-refractivity contribution in [2.45, 2.75) is 17.5 Å². The number of nitrogen functional groups attached to an aromatic ring is 1. The number of carbonyl (C=O) groups excluding carboxylic acids is 2. The molecule has 0 saturated heterocycles. The minimum atomic E-state index is -4.12. The lowest BCUT2D eigenvalue weighted by molar-refractivity contribution is -0.144. The van der Waals surface area contributed by atoms with Gasteiger partial charge in [-0.3, -0.25) is 0 Å². The summed E-state index contributed by atoms with van der Waals surface area (Å²) >= 11 is 0. The Morgan fingerprint density at radius 2 is 1.64 bits per heavy atom. The Labute approximate surface area is 190 Å². The van der Waals surface area contributed by atoms with Gasteiger partial charge in [0.05, 0.1) is 10.5 Å². The van der Waals surface area contributed by atoms with Gasteiger partial charge in [0.15, 0.2) is 5.66 Å². The summed E-state index contributed by atoms with van der Waals surface area (Å²) in [6, 6.07) is 18.4. The Morgan fingerprint density at radius 1 is 0.970 bits per heavy atom. The second-order valence-electron chi connectivity index (χ2n) is 7.07. The molecule has 3 aromatic rings. The molecule has 0 spiro atoms. The van der Waals surface area contributed by atoms with E-state index >= 15 is 0 Å². The van der Waals surface area contributed by atoms with Gasteiger partial charge in [-0.05, 0) is 61.4 Å². The lowest BCUT2D eigenvalue weighted by Gasteiger charge is -2.23. The van der Waals surface area contributed by atoms with Crippen LogP contribution in [-0.2, 0) is 19.6 Å². The average molecular weight is 465 g/mol. The van der Waals surface area contributed by atoms with Crippen molar-refractivity contribution in [3.8, 4) is 11.8 Å². The third-order valence-electron chi connectivity index (χ3n) is 4.24. The summed E-state index contributed by atoms with van der Waals surface area (Å²) in [4.78, 5) is 28.7. The van der Waals surface area contributed by atoms with Crippen molar-refractivity contribution in [2.75, 3.05) is 5.73 Å². The second-order valence-corrected chi connectivity index (χ2v) is 8.76. The lowest BCUT2D eigenvalue weighted by atomic mass is 10.1. The summed E-state index contributed by atoms with van der Waals surface area (Å²) in [5.41, 5.74) is 10.3. The van der Waals surface area contributed by atoms with Crippen molar-refractivity contribution < 1.29 is 22.7 Å². The van der Waals surface area contributed by atoms with Crippen molar-refractivity contribution in [1.82, 2.24) is 9.71 Å². The molecule has 1 aromatic heterocycles. The topological polar surface area (TPSA) is 154 Å². The molecule has 0 radical (unpaired) electrons. The number of carbonyl (C=O) groups is 2. The summed E-state index contributed by atoms with van der Waals surface area (Å²) in [6.07, 6.45) is 0. The van der Waals surface area contributed by atoms with E-state index in [4.69, 9.17) is 16.2 Å². The van der Waals surface area contributed by atoms with Crippen LogP contribution in [0.4, 0.5) is 5.82 Å². The molecule has 168 valence electrons.